The van der Waals surface area contributed by atoms with Crippen LogP contribution in [0.25, 0.3) is 5.65 Å². The molecule has 0 spiro atoms. The average molecular weight is 562 g/mol. The van der Waals surface area contributed by atoms with Crippen LogP contribution in [0.1, 0.15) is 5.69 Å². The number of amides is 2. The summed E-state index contributed by atoms with van der Waals surface area (Å²) < 4.78 is 6.97. The van der Waals surface area contributed by atoms with Crippen molar-refractivity contribution in [2.75, 3.05) is 24.3 Å². The number of β-lactam (4-membered cyclic amide) rings is 1. The molecule has 3 aromatic rings. The maximum absolute atomic E-state index is 13.1. The van der Waals surface area contributed by atoms with E-state index in [1.807, 2.05) is 28.8 Å². The number of aromatic nitrogens is 3. The summed E-state index contributed by atoms with van der Waals surface area (Å²) in [6.07, 6.45) is 1.99. The van der Waals surface area contributed by atoms with Crippen LogP contribution in [0.15, 0.2) is 57.6 Å². The molecule has 0 bridgehead atoms. The monoisotopic (exact) mass is 561 g/mol. The number of hydrogen-bond acceptors (Lipinski definition) is 12. The van der Waals surface area contributed by atoms with Gasteiger partial charge in [0.05, 0.1) is 5.03 Å². The van der Waals surface area contributed by atoms with E-state index >= 15 is 0 Å². The van der Waals surface area contributed by atoms with Gasteiger partial charge < -0.3 is 25.7 Å². The molecule has 2 atom stereocenters. The van der Waals surface area contributed by atoms with Crippen LogP contribution in [-0.2, 0) is 19.2 Å². The maximum Gasteiger partial charge on any atom is 0.512 e. The largest absolute Gasteiger partial charge is 0.512 e. The number of thiazole rings is 1. The number of nitrogen functional groups attached to an aromatic ring is 1. The minimum atomic E-state index is -1.53. The molecule has 0 radical (unpaired) electrons. The number of nitrogens with two attached hydrogens (primary N) is 1. The molecule has 13 nitrogen and oxygen atoms in total. The lowest BCUT2D eigenvalue weighted by molar-refractivity contribution is -0.148. The maximum atomic E-state index is 13.1. The van der Waals surface area contributed by atoms with Crippen molar-refractivity contribution in [3.05, 3.63) is 53.1 Å². The van der Waals surface area contributed by atoms with Crippen LogP contribution in [0.4, 0.5) is 9.93 Å². The average Bonchev–Trinajstić information content (AvgIpc) is 3.53. The Morgan fingerprint density at radius 3 is 2.97 bits per heavy atom. The molecule has 0 saturated carbocycles. The van der Waals surface area contributed by atoms with Crippen molar-refractivity contribution in [2.45, 2.75) is 16.4 Å². The molecule has 2 aliphatic heterocycles. The van der Waals surface area contributed by atoms with Crippen molar-refractivity contribution in [2.24, 2.45) is 5.16 Å². The summed E-state index contributed by atoms with van der Waals surface area (Å²) >= 11 is 3.99. The molecular formula is C21H19N7O6S3. The van der Waals surface area contributed by atoms with Crippen LogP contribution in [0.5, 0.6) is 0 Å². The van der Waals surface area contributed by atoms with Gasteiger partial charge in [0.25, 0.3) is 11.8 Å². The fraction of sp³-hybridized carbons (Fsp3) is 0.238. The molecule has 2 amide bonds. The van der Waals surface area contributed by atoms with Crippen LogP contribution in [0.3, 0.4) is 0 Å². The highest BCUT2D eigenvalue weighted by atomic mass is 32.2. The number of carbonyl (C=O) groups excluding carboxylic acids is 2. The van der Waals surface area contributed by atoms with Gasteiger partial charge in [0.15, 0.2) is 10.8 Å². The number of hydrogen-bond donors (Lipinski definition) is 3. The topological polar surface area (TPSA) is 174 Å². The summed E-state index contributed by atoms with van der Waals surface area (Å²) in [6.45, 7) is 0. The fourth-order valence-electron chi connectivity index (χ4n) is 3.81. The fourth-order valence-corrected chi connectivity index (χ4v) is 6.83. The minimum Gasteiger partial charge on any atom is -0.449 e. The Balaban J connectivity index is 1.33. The number of nitrogens with one attached hydrogen (secondary N) is 1. The summed E-state index contributed by atoms with van der Waals surface area (Å²) in [5.41, 5.74) is 7.16. The summed E-state index contributed by atoms with van der Waals surface area (Å²) in [5, 5.41) is 17.8. The number of rotatable bonds is 8. The van der Waals surface area contributed by atoms with Crippen LogP contribution >= 0.6 is 34.9 Å². The van der Waals surface area contributed by atoms with Gasteiger partial charge in [0, 0.05) is 34.9 Å². The number of carboxylic acid groups (broad SMARTS) is 1. The van der Waals surface area contributed by atoms with Crippen molar-refractivity contribution >= 4 is 69.3 Å². The first-order chi connectivity index (χ1) is 17.9. The van der Waals surface area contributed by atoms with Crippen molar-refractivity contribution < 1.29 is 29.1 Å². The Morgan fingerprint density at radius 1 is 1.41 bits per heavy atom. The third-order valence-electron chi connectivity index (χ3n) is 5.41. The van der Waals surface area contributed by atoms with E-state index in [4.69, 9.17) is 15.3 Å². The highest BCUT2D eigenvalue weighted by molar-refractivity contribution is 8.01. The summed E-state index contributed by atoms with van der Waals surface area (Å²) in [6, 6.07) is 4.76. The highest BCUT2D eigenvalue weighted by Crippen LogP contribution is 2.42. The molecule has 3 aromatic heterocycles. The third-order valence-corrected chi connectivity index (χ3v) is 8.55. The van der Waals surface area contributed by atoms with Crippen molar-refractivity contribution in [3.8, 4) is 0 Å². The van der Waals surface area contributed by atoms with E-state index in [-0.39, 0.29) is 22.4 Å². The smallest absolute Gasteiger partial charge is 0.449 e. The minimum absolute atomic E-state index is 0.0323. The molecule has 192 valence electrons. The Labute approximate surface area is 221 Å². The van der Waals surface area contributed by atoms with Crippen molar-refractivity contribution in [1.29, 1.82) is 0 Å². The van der Waals surface area contributed by atoms with Gasteiger partial charge in [-0.25, -0.2) is 14.8 Å². The van der Waals surface area contributed by atoms with E-state index in [2.05, 4.69) is 20.4 Å². The molecular weight excluding hydrogens is 542 g/mol. The number of fused-ring (bicyclic) bond motifs is 2. The number of ether oxygens (including phenoxy) is 1. The van der Waals surface area contributed by atoms with E-state index in [9.17, 15) is 19.5 Å². The number of carbonyl (C=O) groups is 3. The molecule has 5 heterocycles. The van der Waals surface area contributed by atoms with Gasteiger partial charge >= 0.3 is 6.16 Å². The molecule has 0 aromatic carbocycles. The van der Waals surface area contributed by atoms with Gasteiger partial charge in [-0.1, -0.05) is 11.2 Å². The predicted octanol–water partition coefficient (Wildman–Crippen LogP) is 1.82. The molecule has 1 fully saturated rings. The van der Waals surface area contributed by atoms with Crippen LogP contribution < -0.4 is 11.1 Å². The van der Waals surface area contributed by atoms with Gasteiger partial charge in [0.2, 0.25) is 5.88 Å². The second-order valence-corrected chi connectivity index (χ2v) is 10.6. The van der Waals surface area contributed by atoms with E-state index in [0.29, 0.717) is 17.1 Å². The zero-order valence-electron chi connectivity index (χ0n) is 19.1. The number of oxime groups is 1. The molecule has 16 heteroatoms. The van der Waals surface area contributed by atoms with Gasteiger partial charge in [-0.15, -0.1) is 34.9 Å². The lowest BCUT2D eigenvalue weighted by atomic mass is 10.1. The Kier molecular flexibility index (Phi) is 6.94. The van der Waals surface area contributed by atoms with E-state index in [1.54, 1.807) is 11.6 Å². The van der Waals surface area contributed by atoms with Crippen LogP contribution in [0.2, 0.25) is 0 Å². The van der Waals surface area contributed by atoms with E-state index < -0.39 is 29.4 Å². The van der Waals surface area contributed by atoms with Crippen molar-refractivity contribution in [1.82, 2.24) is 24.6 Å². The molecule has 37 heavy (non-hydrogen) atoms. The number of thioether (sulfide) groups is 2. The van der Waals surface area contributed by atoms with Gasteiger partial charge in [-0.05, 0) is 12.1 Å². The first-order valence-electron chi connectivity index (χ1n) is 10.6. The molecule has 4 N–H and O–H groups in total. The van der Waals surface area contributed by atoms with E-state index in [0.717, 1.165) is 22.0 Å². The molecule has 0 aliphatic carbocycles. The zero-order chi connectivity index (χ0) is 26.1. The number of nitrogens with zero attached hydrogens (tertiary/aromatic N) is 5. The standard InChI is InChI=1S/C21H19N7O6S3/c1-33-26-14(11-9-37-20(22)24-11)16(29)25-15-17(30)28-18(34-21(31)32)10(8-36-19(15)28)7-35-13-4-2-3-12-23-5-6-27(12)13/h2-6,9,15,19H,7-8H2,1H3,(H2,22,24)(H,25,29)(H,31,32)/b26-14-/t15-,19+/m1/s1. The quantitative estimate of drug-likeness (QED) is 0.120. The van der Waals surface area contributed by atoms with Gasteiger partial charge in [0.1, 0.15) is 29.9 Å². The molecule has 0 unspecified atom stereocenters. The van der Waals surface area contributed by atoms with Gasteiger partial charge in [-0.2, -0.15) is 0 Å². The number of anilines is 1. The molecule has 2 aliphatic rings. The van der Waals surface area contributed by atoms with Crippen LogP contribution in [-0.4, -0.2) is 78.1 Å². The lowest BCUT2D eigenvalue weighted by Crippen LogP contribution is -2.70. The highest BCUT2D eigenvalue weighted by Gasteiger charge is 2.54. The second kappa shape index (κ2) is 10.3. The van der Waals surface area contributed by atoms with Crippen molar-refractivity contribution in [3.63, 3.8) is 0 Å². The summed E-state index contributed by atoms with van der Waals surface area (Å²) in [7, 11) is 1.28. The Hall–Kier alpha value is -3.76. The third kappa shape index (κ3) is 4.82. The summed E-state index contributed by atoms with van der Waals surface area (Å²) in [4.78, 5) is 51.8. The second-order valence-electron chi connectivity index (χ2n) is 7.64. The Morgan fingerprint density at radius 2 is 2.24 bits per heavy atom. The Bertz CT molecular complexity index is 1450. The predicted molar refractivity (Wildman–Crippen MR) is 137 cm³/mol. The first-order valence-corrected chi connectivity index (χ1v) is 13.5. The SMILES string of the molecule is CO/N=C(\C(=O)N[C@@H]1C(=O)N2C(OC(=O)O)=C(CSc3cccc4nccn34)CS[C@@H]12)c1csc(N)n1. The zero-order valence-corrected chi connectivity index (χ0v) is 21.5. The number of pyridine rings is 1. The van der Waals surface area contributed by atoms with E-state index in [1.165, 1.54) is 35.5 Å². The normalized spacial score (nSPS) is 19.4. The van der Waals surface area contributed by atoms with Gasteiger partial charge in [-0.3, -0.25) is 18.9 Å². The van der Waals surface area contributed by atoms with Crippen LogP contribution in [0, 0.1) is 0 Å². The summed E-state index contributed by atoms with van der Waals surface area (Å²) in [5.74, 6) is -0.426. The molecule has 1 saturated heterocycles. The molecule has 5 rings (SSSR count). The first kappa shape index (κ1) is 24.9. The number of imidazole rings is 1. The lowest BCUT2D eigenvalue weighted by Gasteiger charge is -2.49.